The lowest BCUT2D eigenvalue weighted by molar-refractivity contribution is -0.391. The summed E-state index contributed by atoms with van der Waals surface area (Å²) in [7, 11) is 1.48. The van der Waals surface area contributed by atoms with Crippen molar-refractivity contribution >= 4 is 17.4 Å². The number of nitrogens with zero attached hydrogens (tertiary/aromatic N) is 3. The molecule has 1 aromatic heterocycles. The molecule has 3 aromatic rings. The second-order valence-corrected chi connectivity index (χ2v) is 8.85. The van der Waals surface area contributed by atoms with Crippen molar-refractivity contribution in [3.63, 3.8) is 0 Å². The molecule has 0 spiro atoms. The minimum absolute atomic E-state index is 0.0246. The minimum atomic E-state index is -4.87. The van der Waals surface area contributed by atoms with E-state index in [2.05, 4.69) is 19.2 Å². The summed E-state index contributed by atoms with van der Waals surface area (Å²) >= 11 is 1.13. The molecule has 0 bridgehead atoms. The second-order valence-electron chi connectivity index (χ2n) is 7.64. The molecule has 2 aromatic carbocycles. The van der Waals surface area contributed by atoms with Crippen molar-refractivity contribution in [1.29, 1.82) is 0 Å². The molecule has 2 amide bonds. The van der Waals surface area contributed by atoms with Crippen LogP contribution in [0, 0.1) is 6.92 Å². The van der Waals surface area contributed by atoms with E-state index in [0.717, 1.165) is 23.5 Å². The first-order valence-corrected chi connectivity index (χ1v) is 11.0. The number of ether oxygens (including phenoxy) is 3. The first-order valence-electron chi connectivity index (χ1n) is 10.2. The number of alkyl halides is 6. The van der Waals surface area contributed by atoms with Gasteiger partial charge in [-0.25, -0.2) is 4.79 Å². The highest BCUT2D eigenvalue weighted by atomic mass is 32.1. The summed E-state index contributed by atoms with van der Waals surface area (Å²) in [4.78, 5) is 19.0. The van der Waals surface area contributed by atoms with Crippen molar-refractivity contribution in [1.82, 2.24) is 9.47 Å². The molecule has 36 heavy (non-hydrogen) atoms. The number of carbonyl (C=O) groups excluding carboxylic acids is 1. The van der Waals surface area contributed by atoms with E-state index < -0.39 is 36.4 Å². The van der Waals surface area contributed by atoms with Gasteiger partial charge < -0.3 is 19.1 Å². The zero-order valence-corrected chi connectivity index (χ0v) is 19.4. The predicted molar refractivity (Wildman–Crippen MR) is 115 cm³/mol. The largest absolute Gasteiger partial charge is 0.507 e. The first kappa shape index (κ1) is 25.4. The normalized spacial score (nSPS) is 16.2. The van der Waals surface area contributed by atoms with Crippen LogP contribution in [0.15, 0.2) is 53.7 Å². The number of hydrogen-bond donors (Lipinski definition) is 0. The average Bonchev–Trinajstić information content (AvgIpc) is 3.14. The molecule has 14 heteroatoms. The van der Waals surface area contributed by atoms with Crippen molar-refractivity contribution in [2.45, 2.75) is 32.3 Å². The fourth-order valence-corrected chi connectivity index (χ4v) is 4.04. The van der Waals surface area contributed by atoms with Crippen LogP contribution in [0.2, 0.25) is 0 Å². The van der Waals surface area contributed by atoms with E-state index in [0.29, 0.717) is 10.4 Å². The van der Waals surface area contributed by atoms with E-state index in [1.54, 1.807) is 13.1 Å². The van der Waals surface area contributed by atoms with Crippen LogP contribution in [-0.4, -0.2) is 41.4 Å². The number of benzene rings is 2. The lowest BCUT2D eigenvalue weighted by Crippen LogP contribution is -2.52. The highest BCUT2D eigenvalue weighted by molar-refractivity contribution is 7.09. The van der Waals surface area contributed by atoms with Gasteiger partial charge >= 0.3 is 24.9 Å². The van der Waals surface area contributed by atoms with Crippen molar-refractivity contribution in [2.24, 2.45) is 4.99 Å². The molecule has 0 saturated heterocycles. The van der Waals surface area contributed by atoms with Gasteiger partial charge in [0.25, 0.3) is 0 Å². The Morgan fingerprint density at radius 1 is 1.08 bits per heavy atom. The number of aromatic nitrogens is 1. The van der Waals surface area contributed by atoms with Crippen LogP contribution in [0.5, 0.6) is 17.2 Å². The van der Waals surface area contributed by atoms with Gasteiger partial charge in [-0.05, 0) is 36.8 Å². The van der Waals surface area contributed by atoms with Crippen molar-refractivity contribution < 1.29 is 45.3 Å². The van der Waals surface area contributed by atoms with E-state index in [-0.39, 0.29) is 22.8 Å². The molecular formula is C22H17F6N3O4S. The van der Waals surface area contributed by atoms with Crippen molar-refractivity contribution in [3.8, 4) is 22.9 Å². The van der Waals surface area contributed by atoms with Crippen LogP contribution in [0.1, 0.15) is 10.4 Å². The SMILES string of the molecule is Cc1cn(-c2ccc3c(c2)OC(F)(F)C(F)(F)O3)c(=NC(=O)N(C)Cc2ccc(OC(F)F)cc2)s1. The lowest BCUT2D eigenvalue weighted by atomic mass is 10.2. The number of halogens is 6. The summed E-state index contributed by atoms with van der Waals surface area (Å²) in [6, 6.07) is 8.51. The lowest BCUT2D eigenvalue weighted by Gasteiger charge is -2.31. The number of fused-ring (bicyclic) bond motifs is 1. The quantitative estimate of drug-likeness (QED) is 0.403. The molecule has 0 saturated carbocycles. The Bertz CT molecular complexity index is 1340. The third kappa shape index (κ3) is 5.27. The third-order valence-corrected chi connectivity index (χ3v) is 5.77. The van der Waals surface area contributed by atoms with Crippen molar-refractivity contribution in [3.05, 3.63) is 63.9 Å². The molecule has 2 heterocycles. The zero-order valence-electron chi connectivity index (χ0n) is 18.6. The van der Waals surface area contributed by atoms with Gasteiger partial charge in [0.1, 0.15) is 5.75 Å². The van der Waals surface area contributed by atoms with Crippen LogP contribution < -0.4 is 19.0 Å². The molecular weight excluding hydrogens is 516 g/mol. The number of aryl methyl sites for hydroxylation is 1. The smallest absolute Gasteiger partial charge is 0.435 e. The molecule has 0 fully saturated rings. The monoisotopic (exact) mass is 533 g/mol. The fourth-order valence-electron chi connectivity index (χ4n) is 3.21. The number of amides is 2. The molecule has 0 radical (unpaired) electrons. The highest BCUT2D eigenvalue weighted by Gasteiger charge is 2.65. The average molecular weight is 533 g/mol. The Morgan fingerprint density at radius 3 is 2.36 bits per heavy atom. The van der Waals surface area contributed by atoms with Crippen LogP contribution in [0.4, 0.5) is 31.1 Å². The van der Waals surface area contributed by atoms with Crippen LogP contribution >= 0.6 is 11.3 Å². The Labute approximate surface area is 203 Å². The van der Waals surface area contributed by atoms with E-state index in [1.807, 2.05) is 0 Å². The number of thiazole rings is 1. The molecule has 0 N–H and O–H groups in total. The topological polar surface area (TPSA) is 65.3 Å². The summed E-state index contributed by atoms with van der Waals surface area (Å²) < 4.78 is 92.5. The molecule has 0 aliphatic carbocycles. The van der Waals surface area contributed by atoms with E-state index in [1.165, 1.54) is 46.8 Å². The third-order valence-electron chi connectivity index (χ3n) is 4.88. The molecule has 7 nitrogen and oxygen atoms in total. The van der Waals surface area contributed by atoms with Crippen LogP contribution in [-0.2, 0) is 6.54 Å². The van der Waals surface area contributed by atoms with E-state index >= 15 is 0 Å². The molecule has 1 aliphatic heterocycles. The fraction of sp³-hybridized carbons (Fsp3) is 0.273. The maximum Gasteiger partial charge on any atom is 0.507 e. The number of urea groups is 1. The van der Waals surface area contributed by atoms with Crippen LogP contribution in [0.25, 0.3) is 5.69 Å². The standard InChI is InChI=1S/C22H17F6N3O4S/c1-12-10-31(14-5-8-16-17(9-14)35-22(27,28)21(25,26)34-16)20(36-12)29-19(32)30(2)11-13-3-6-15(7-4-13)33-18(23)24/h3-10,18H,11H2,1-2H3. The Morgan fingerprint density at radius 2 is 1.72 bits per heavy atom. The second kappa shape index (κ2) is 9.41. The highest BCUT2D eigenvalue weighted by Crippen LogP contribution is 2.47. The molecule has 0 unspecified atom stereocenters. The van der Waals surface area contributed by atoms with Gasteiger partial charge in [-0.15, -0.1) is 11.3 Å². The summed E-state index contributed by atoms with van der Waals surface area (Å²) in [5, 5.41) is 0. The first-order chi connectivity index (χ1) is 16.8. The van der Waals surface area contributed by atoms with Gasteiger partial charge in [0.15, 0.2) is 16.3 Å². The van der Waals surface area contributed by atoms with E-state index in [4.69, 9.17) is 0 Å². The Kier molecular flexibility index (Phi) is 6.64. The Balaban J connectivity index is 1.56. The van der Waals surface area contributed by atoms with Crippen LogP contribution in [0.3, 0.4) is 0 Å². The maximum absolute atomic E-state index is 13.6. The number of carbonyl (C=O) groups is 1. The van der Waals surface area contributed by atoms with Gasteiger partial charge in [-0.1, -0.05) is 12.1 Å². The number of rotatable bonds is 5. The number of hydrogen-bond acceptors (Lipinski definition) is 5. The molecule has 1 aliphatic rings. The predicted octanol–water partition coefficient (Wildman–Crippen LogP) is 5.56. The summed E-state index contributed by atoms with van der Waals surface area (Å²) in [5.74, 6) is -1.20. The van der Waals surface area contributed by atoms with Crippen molar-refractivity contribution in [2.75, 3.05) is 7.05 Å². The van der Waals surface area contributed by atoms with Gasteiger partial charge in [0.2, 0.25) is 0 Å². The summed E-state index contributed by atoms with van der Waals surface area (Å²) in [6.45, 7) is -1.12. The summed E-state index contributed by atoms with van der Waals surface area (Å²) in [5.41, 5.74) is 0.842. The zero-order chi connectivity index (χ0) is 26.3. The summed E-state index contributed by atoms with van der Waals surface area (Å²) in [6.07, 6.45) is -8.12. The molecule has 0 atom stereocenters. The van der Waals surface area contributed by atoms with Gasteiger partial charge in [-0.2, -0.15) is 31.3 Å². The minimum Gasteiger partial charge on any atom is -0.435 e. The van der Waals surface area contributed by atoms with Gasteiger partial charge in [0.05, 0.1) is 5.69 Å². The Hall–Kier alpha value is -3.68. The molecule has 192 valence electrons. The molecule has 4 rings (SSSR count). The van der Waals surface area contributed by atoms with Gasteiger partial charge in [-0.3, -0.25) is 4.57 Å². The maximum atomic E-state index is 13.6. The van der Waals surface area contributed by atoms with E-state index in [9.17, 15) is 31.1 Å². The van der Waals surface area contributed by atoms with Gasteiger partial charge in [0, 0.05) is 30.7 Å².